The summed E-state index contributed by atoms with van der Waals surface area (Å²) in [5.41, 5.74) is 6.31. The second-order valence-electron chi connectivity index (χ2n) is 15.1. The minimum Gasteiger partial charge on any atom is -0.461 e. The van der Waals surface area contributed by atoms with E-state index in [1.54, 1.807) is 11.5 Å². The summed E-state index contributed by atoms with van der Waals surface area (Å²) in [4.78, 5) is 74.1. The Morgan fingerprint density at radius 2 is 1.77 bits per heavy atom. The molecule has 1 aliphatic carbocycles. The van der Waals surface area contributed by atoms with Gasteiger partial charge in [-0.3, -0.25) is 23.3 Å². The van der Waals surface area contributed by atoms with Gasteiger partial charge in [0, 0.05) is 31.0 Å². The number of carbonyl (C=O) groups is 2. The van der Waals surface area contributed by atoms with E-state index in [9.17, 15) is 34.5 Å². The van der Waals surface area contributed by atoms with E-state index in [0.29, 0.717) is 105 Å². The highest BCUT2D eigenvalue weighted by atomic mass is 16.6. The molecule has 1 saturated carbocycles. The summed E-state index contributed by atoms with van der Waals surface area (Å²) >= 11 is 0. The lowest BCUT2D eigenvalue weighted by Crippen LogP contribution is -2.46. The smallest absolute Gasteiger partial charge is 0.332 e. The van der Waals surface area contributed by atoms with E-state index >= 15 is 0 Å². The van der Waals surface area contributed by atoms with Crippen molar-refractivity contribution in [1.82, 2.24) is 43.9 Å². The van der Waals surface area contributed by atoms with Gasteiger partial charge >= 0.3 is 11.7 Å². The first kappa shape index (κ1) is 41.9. The summed E-state index contributed by atoms with van der Waals surface area (Å²) in [7, 11) is 0. The number of unbranched alkanes of at least 4 members (excludes halogenated alkanes) is 1. The molecule has 4 aromatic rings. The molecular formula is C37H55N11O9. The molecule has 57 heavy (non-hydrogen) atoms. The van der Waals surface area contributed by atoms with Crippen molar-refractivity contribution in [3.63, 3.8) is 0 Å². The minimum absolute atomic E-state index is 0.0468. The van der Waals surface area contributed by atoms with Crippen molar-refractivity contribution in [2.24, 2.45) is 11.7 Å². The molecule has 20 nitrogen and oxygen atoms in total. The van der Waals surface area contributed by atoms with Gasteiger partial charge in [-0.2, -0.15) is 0 Å². The Morgan fingerprint density at radius 1 is 1.04 bits per heavy atom. The first-order valence-corrected chi connectivity index (χ1v) is 20.0. The number of nitrogens with one attached hydrogen (secondary N) is 3. The fourth-order valence-corrected chi connectivity index (χ4v) is 7.67. The maximum atomic E-state index is 13.6. The minimum atomic E-state index is -1.42. The van der Waals surface area contributed by atoms with Crippen molar-refractivity contribution >= 4 is 40.0 Å². The molecule has 6 atom stereocenters. The highest BCUT2D eigenvalue weighted by molar-refractivity contribution is 5.86. The molecule has 1 saturated heterocycles. The van der Waals surface area contributed by atoms with Crippen molar-refractivity contribution in [2.45, 2.75) is 134 Å². The number of imidazole rings is 2. The molecule has 20 heteroatoms. The first-order valence-electron chi connectivity index (χ1n) is 20.0. The second kappa shape index (κ2) is 18.7. The summed E-state index contributed by atoms with van der Waals surface area (Å²) < 4.78 is 15.8. The SMILES string of the molecule is CCCn1c(=O)c2[nH]c(C3CCC(C(=O)N[C@@H](CCCCN)C(=O)OC[C@H]4O[C@@H](n5cnc6c(N[C@H](C)CO)ncnc65)[C@H](O)[C@@H]4O)CC3)nc2n(CCC)c1=O. The number of nitrogens with two attached hydrogens (primary N) is 1. The van der Waals surface area contributed by atoms with Crippen LogP contribution in [-0.4, -0.2) is 116 Å². The van der Waals surface area contributed by atoms with Crippen molar-refractivity contribution < 1.29 is 34.4 Å². The average molecular weight is 798 g/mol. The number of aliphatic hydroxyl groups is 3. The van der Waals surface area contributed by atoms with Crippen LogP contribution >= 0.6 is 0 Å². The number of nitrogens with zero attached hydrogens (tertiary/aromatic N) is 7. The van der Waals surface area contributed by atoms with Gasteiger partial charge in [-0.15, -0.1) is 0 Å². The number of hydrogen-bond acceptors (Lipinski definition) is 15. The fourth-order valence-electron chi connectivity index (χ4n) is 7.67. The van der Waals surface area contributed by atoms with E-state index < -0.39 is 43.2 Å². The van der Waals surface area contributed by atoms with E-state index in [-0.39, 0.29) is 48.1 Å². The number of aryl methyl sites for hydroxylation is 1. The number of ether oxygens (including phenoxy) is 2. The molecule has 312 valence electrons. The third-order valence-corrected chi connectivity index (χ3v) is 10.8. The van der Waals surface area contributed by atoms with E-state index in [1.165, 1.54) is 21.8 Å². The third kappa shape index (κ3) is 8.89. The maximum Gasteiger partial charge on any atom is 0.332 e. The predicted octanol–water partition coefficient (Wildman–Crippen LogP) is 0.389. The Bertz CT molecular complexity index is 2120. The Labute approximate surface area is 328 Å². The number of anilines is 1. The number of hydrogen-bond donors (Lipinski definition) is 7. The monoisotopic (exact) mass is 797 g/mol. The summed E-state index contributed by atoms with van der Waals surface area (Å²) in [6.07, 6.45) is 2.75. The molecule has 0 bridgehead atoms. The number of aliphatic hydroxyl groups excluding tert-OH is 3. The van der Waals surface area contributed by atoms with E-state index in [4.69, 9.17) is 20.2 Å². The van der Waals surface area contributed by atoms with E-state index in [1.807, 2.05) is 13.8 Å². The van der Waals surface area contributed by atoms with Crippen molar-refractivity contribution in [1.29, 1.82) is 0 Å². The number of rotatable bonds is 18. The quantitative estimate of drug-likeness (QED) is 0.0530. The van der Waals surface area contributed by atoms with Crippen LogP contribution < -0.4 is 27.6 Å². The molecule has 4 aromatic heterocycles. The van der Waals surface area contributed by atoms with Crippen molar-refractivity contribution in [3.05, 3.63) is 39.3 Å². The predicted molar refractivity (Wildman–Crippen MR) is 207 cm³/mol. The van der Waals surface area contributed by atoms with Crippen molar-refractivity contribution in [2.75, 3.05) is 25.1 Å². The lowest BCUT2D eigenvalue weighted by Gasteiger charge is -2.28. The largest absolute Gasteiger partial charge is 0.461 e. The zero-order valence-corrected chi connectivity index (χ0v) is 32.7. The summed E-state index contributed by atoms with van der Waals surface area (Å²) in [6, 6.07) is -1.28. The molecule has 1 aliphatic heterocycles. The normalized spacial score (nSPS) is 23.5. The van der Waals surface area contributed by atoms with Crippen LogP contribution in [0.3, 0.4) is 0 Å². The Balaban J connectivity index is 1.07. The standard InChI is InChI=1S/C37H55N11O9/c1-4-14-46-32-26(34(53)47(15-5-2)37(46)55)44-29(45-32)21-9-11-22(12-10-21)33(52)43-23(8-6-7-13-38)36(54)56-17-24-27(50)28(51)35(57-24)48-19-41-25-30(42-20(3)16-49)39-18-40-31(25)48/h18-24,27-28,35,49-51H,4-17,38H2,1-3H3,(H,43,52)(H,44,45)(H,39,40,42)/t20-,21?,22?,23+,24-,27-,28-,35-/m1/s1. The molecule has 0 radical (unpaired) electrons. The molecule has 8 N–H and O–H groups in total. The van der Waals surface area contributed by atoms with Gasteiger partial charge in [-0.05, 0) is 71.3 Å². The number of aromatic amines is 1. The van der Waals surface area contributed by atoms with E-state index in [2.05, 4.69) is 30.6 Å². The van der Waals surface area contributed by atoms with Crippen LogP contribution in [0.25, 0.3) is 22.3 Å². The molecule has 2 aliphatic rings. The second-order valence-corrected chi connectivity index (χ2v) is 15.1. The number of esters is 1. The highest BCUT2D eigenvalue weighted by Gasteiger charge is 2.45. The van der Waals surface area contributed by atoms with Crippen LogP contribution in [0.1, 0.15) is 96.5 Å². The molecular weight excluding hydrogens is 742 g/mol. The Morgan fingerprint density at radius 3 is 2.47 bits per heavy atom. The number of carbonyl (C=O) groups excluding carboxylic acids is 2. The molecule has 2 fully saturated rings. The lowest BCUT2D eigenvalue weighted by molar-refractivity contribution is -0.154. The fraction of sp³-hybridized carbons (Fsp3) is 0.676. The van der Waals surface area contributed by atoms with Gasteiger partial charge in [-0.1, -0.05) is 13.8 Å². The van der Waals surface area contributed by atoms with Gasteiger partial charge in [0.05, 0.1) is 12.9 Å². The van der Waals surface area contributed by atoms with Gasteiger partial charge in [0.1, 0.15) is 48.6 Å². The maximum absolute atomic E-state index is 13.6. The first-order chi connectivity index (χ1) is 27.5. The van der Waals surface area contributed by atoms with Crippen LogP contribution in [0.2, 0.25) is 0 Å². The van der Waals surface area contributed by atoms with Crippen LogP contribution in [-0.2, 0) is 32.2 Å². The van der Waals surface area contributed by atoms with Gasteiger partial charge in [0.15, 0.2) is 28.9 Å². The van der Waals surface area contributed by atoms with Gasteiger partial charge < -0.3 is 46.1 Å². The highest BCUT2D eigenvalue weighted by Crippen LogP contribution is 2.36. The summed E-state index contributed by atoms with van der Waals surface area (Å²) in [6.45, 7) is 6.28. The molecule has 0 unspecified atom stereocenters. The van der Waals surface area contributed by atoms with E-state index in [0.717, 1.165) is 0 Å². The number of aromatic nitrogens is 8. The van der Waals surface area contributed by atoms with Crippen molar-refractivity contribution in [3.8, 4) is 0 Å². The topological polar surface area (TPSA) is 280 Å². The summed E-state index contributed by atoms with van der Waals surface area (Å²) in [5, 5.41) is 37.2. The number of H-pyrrole nitrogens is 1. The van der Waals surface area contributed by atoms with Crippen LogP contribution in [0.15, 0.2) is 22.2 Å². The third-order valence-electron chi connectivity index (χ3n) is 10.8. The number of fused-ring (bicyclic) bond motifs is 2. The summed E-state index contributed by atoms with van der Waals surface area (Å²) in [5.74, 6) is -0.408. The molecule has 6 rings (SSSR count). The molecule has 0 aromatic carbocycles. The van der Waals surface area contributed by atoms with Gasteiger partial charge in [0.2, 0.25) is 5.91 Å². The average Bonchev–Trinajstić information content (AvgIpc) is 3.93. The molecule has 1 amide bonds. The van der Waals surface area contributed by atoms with Crippen LogP contribution in [0.5, 0.6) is 0 Å². The Kier molecular flexibility index (Phi) is 13.7. The zero-order valence-electron chi connectivity index (χ0n) is 32.7. The molecule has 5 heterocycles. The van der Waals surface area contributed by atoms with Crippen LogP contribution in [0.4, 0.5) is 5.82 Å². The lowest BCUT2D eigenvalue weighted by atomic mass is 9.81. The zero-order chi connectivity index (χ0) is 40.8. The van der Waals surface area contributed by atoms with Gasteiger partial charge in [0.25, 0.3) is 5.56 Å². The van der Waals surface area contributed by atoms with Gasteiger partial charge in [-0.25, -0.2) is 29.5 Å². The number of amides is 1. The molecule has 0 spiro atoms. The van der Waals surface area contributed by atoms with Crippen LogP contribution in [0, 0.1) is 5.92 Å². The Hall–Kier alpha value is -4.76.